The van der Waals surface area contributed by atoms with Gasteiger partial charge < -0.3 is 21.1 Å². The highest BCUT2D eigenvalue weighted by molar-refractivity contribution is 14.0. The van der Waals surface area contributed by atoms with E-state index < -0.39 is 6.10 Å². The number of rotatable bonds is 9. The lowest BCUT2D eigenvalue weighted by Gasteiger charge is -2.12. The Labute approximate surface area is 191 Å². The first kappa shape index (κ1) is 24.7. The number of halogens is 2. The number of amides is 1. The average molecular weight is 537 g/mol. The molecule has 154 valence electrons. The van der Waals surface area contributed by atoms with Crippen LogP contribution in [0.1, 0.15) is 29.9 Å². The number of hydrogen-bond acceptors (Lipinski definition) is 4. The molecule has 9 heteroatoms. The van der Waals surface area contributed by atoms with Gasteiger partial charge in [-0.2, -0.15) is 0 Å². The number of guanidine groups is 1. The van der Waals surface area contributed by atoms with Crippen LogP contribution in [0.4, 0.5) is 0 Å². The third-order valence-corrected chi connectivity index (χ3v) is 5.00. The molecule has 0 saturated heterocycles. The Morgan fingerprint density at radius 3 is 2.57 bits per heavy atom. The molecule has 0 spiro atoms. The van der Waals surface area contributed by atoms with E-state index in [0.717, 1.165) is 10.4 Å². The largest absolute Gasteiger partial charge is 0.386 e. The smallest absolute Gasteiger partial charge is 0.222 e. The molecule has 6 nitrogen and oxygen atoms in total. The van der Waals surface area contributed by atoms with Gasteiger partial charge in [-0.25, -0.2) is 0 Å². The zero-order chi connectivity index (χ0) is 19.5. The highest BCUT2D eigenvalue weighted by atomic mass is 127. The first-order chi connectivity index (χ1) is 13.1. The summed E-state index contributed by atoms with van der Waals surface area (Å²) in [6.45, 7) is 3.83. The minimum Gasteiger partial charge on any atom is -0.386 e. The van der Waals surface area contributed by atoms with Crippen LogP contribution in [0.3, 0.4) is 0 Å². The van der Waals surface area contributed by atoms with Gasteiger partial charge >= 0.3 is 0 Å². The van der Waals surface area contributed by atoms with Crippen LogP contribution in [0.15, 0.2) is 47.5 Å². The molecule has 0 bridgehead atoms. The molecule has 0 radical (unpaired) electrons. The summed E-state index contributed by atoms with van der Waals surface area (Å²) in [5.74, 6) is 0.533. The number of nitrogens with zero attached hydrogens (tertiary/aromatic N) is 1. The standard InChI is InChI=1S/C19H25ClN4O2S.HI/c1-2-21-19(24-13-15(25)16-8-9-17(20)27-16)22-11-10-18(26)23-12-14-6-4-3-5-7-14;/h3-9,15,25H,2,10-13H2,1H3,(H,23,26)(H2,21,22,24);1H. The van der Waals surface area contributed by atoms with Crippen molar-refractivity contribution in [2.24, 2.45) is 4.99 Å². The molecule has 1 aromatic heterocycles. The third-order valence-electron chi connectivity index (χ3n) is 3.67. The zero-order valence-corrected chi connectivity index (χ0v) is 19.6. The molecule has 1 atom stereocenters. The van der Waals surface area contributed by atoms with E-state index in [1.54, 1.807) is 12.1 Å². The summed E-state index contributed by atoms with van der Waals surface area (Å²) in [5, 5.41) is 19.3. The summed E-state index contributed by atoms with van der Waals surface area (Å²) < 4.78 is 0.638. The molecule has 1 amide bonds. The van der Waals surface area contributed by atoms with Crippen molar-refractivity contribution < 1.29 is 9.90 Å². The maximum absolute atomic E-state index is 11.9. The number of thiophene rings is 1. The molecule has 1 aromatic carbocycles. The van der Waals surface area contributed by atoms with Crippen LogP contribution in [0.25, 0.3) is 0 Å². The number of carbonyl (C=O) groups excluding carboxylic acids is 1. The lowest BCUT2D eigenvalue weighted by Crippen LogP contribution is -2.39. The second-order valence-corrected chi connectivity index (χ2v) is 7.56. The summed E-state index contributed by atoms with van der Waals surface area (Å²) in [6.07, 6.45) is -0.368. The van der Waals surface area contributed by atoms with Gasteiger partial charge in [0.1, 0.15) is 6.10 Å². The fourth-order valence-corrected chi connectivity index (χ4v) is 3.33. The van der Waals surface area contributed by atoms with Gasteiger partial charge in [0.2, 0.25) is 5.91 Å². The molecule has 1 heterocycles. The van der Waals surface area contributed by atoms with Gasteiger partial charge in [-0.05, 0) is 24.6 Å². The SMILES string of the molecule is CCNC(=NCC(O)c1ccc(Cl)s1)NCCC(=O)NCc1ccccc1.I. The Kier molecular flexibility index (Phi) is 12.1. The van der Waals surface area contributed by atoms with Crippen molar-refractivity contribution in [3.05, 3.63) is 57.2 Å². The van der Waals surface area contributed by atoms with Crippen molar-refractivity contribution in [3.63, 3.8) is 0 Å². The quantitative estimate of drug-likeness (QED) is 0.225. The first-order valence-electron chi connectivity index (χ1n) is 8.84. The predicted molar refractivity (Wildman–Crippen MR) is 127 cm³/mol. The van der Waals surface area contributed by atoms with Crippen LogP contribution in [-0.2, 0) is 11.3 Å². The van der Waals surface area contributed by atoms with E-state index in [1.807, 2.05) is 37.3 Å². The maximum atomic E-state index is 11.9. The summed E-state index contributed by atoms with van der Waals surface area (Å²) in [4.78, 5) is 17.1. The van der Waals surface area contributed by atoms with Crippen LogP contribution in [0.5, 0.6) is 0 Å². The summed E-state index contributed by atoms with van der Waals surface area (Å²) in [7, 11) is 0. The molecule has 0 aliphatic carbocycles. The Balaban J connectivity index is 0.00000392. The van der Waals surface area contributed by atoms with E-state index in [1.165, 1.54) is 11.3 Å². The second kappa shape index (κ2) is 13.8. The van der Waals surface area contributed by atoms with Crippen LogP contribution in [-0.4, -0.2) is 36.6 Å². The van der Waals surface area contributed by atoms with Gasteiger partial charge in [-0.1, -0.05) is 41.9 Å². The van der Waals surface area contributed by atoms with Crippen molar-refractivity contribution in [1.82, 2.24) is 16.0 Å². The summed E-state index contributed by atoms with van der Waals surface area (Å²) >= 11 is 7.23. The van der Waals surface area contributed by atoms with Crippen molar-refractivity contribution >= 4 is 58.8 Å². The highest BCUT2D eigenvalue weighted by Crippen LogP contribution is 2.26. The number of benzene rings is 1. The first-order valence-corrected chi connectivity index (χ1v) is 10.0. The normalized spacial score (nSPS) is 12.0. The zero-order valence-electron chi connectivity index (χ0n) is 15.7. The number of nitrogens with one attached hydrogen (secondary N) is 3. The van der Waals surface area contributed by atoms with Crippen LogP contribution in [0, 0.1) is 0 Å². The second-order valence-electron chi connectivity index (χ2n) is 5.82. The van der Waals surface area contributed by atoms with E-state index in [2.05, 4.69) is 20.9 Å². The Morgan fingerprint density at radius 2 is 1.93 bits per heavy atom. The number of aliphatic hydroxyl groups is 1. The minimum absolute atomic E-state index is 0. The van der Waals surface area contributed by atoms with Crippen molar-refractivity contribution in [1.29, 1.82) is 0 Å². The van der Waals surface area contributed by atoms with Crippen molar-refractivity contribution in [3.8, 4) is 0 Å². The van der Waals surface area contributed by atoms with Crippen LogP contribution in [0.2, 0.25) is 4.34 Å². The molecule has 1 unspecified atom stereocenters. The van der Waals surface area contributed by atoms with E-state index >= 15 is 0 Å². The topological polar surface area (TPSA) is 85.8 Å². The van der Waals surface area contributed by atoms with Crippen molar-refractivity contribution in [2.45, 2.75) is 26.0 Å². The number of aliphatic imine (C=N–C) groups is 1. The highest BCUT2D eigenvalue weighted by Gasteiger charge is 2.10. The maximum Gasteiger partial charge on any atom is 0.222 e. The monoisotopic (exact) mass is 536 g/mol. The molecule has 0 fully saturated rings. The van der Waals surface area contributed by atoms with E-state index in [-0.39, 0.29) is 36.4 Å². The van der Waals surface area contributed by atoms with Crippen LogP contribution >= 0.6 is 46.9 Å². The van der Waals surface area contributed by atoms with Gasteiger partial charge in [-0.15, -0.1) is 35.3 Å². The average Bonchev–Trinajstić information content (AvgIpc) is 3.11. The van der Waals surface area contributed by atoms with Crippen LogP contribution < -0.4 is 16.0 Å². The minimum atomic E-state index is -0.702. The Hall–Kier alpha value is -1.36. The van der Waals surface area contributed by atoms with E-state index in [0.29, 0.717) is 36.4 Å². The van der Waals surface area contributed by atoms with Gasteiger partial charge in [0.15, 0.2) is 5.96 Å². The molecule has 0 aliphatic rings. The molecular formula is C19H26ClIN4O2S. The predicted octanol–water partition coefficient (Wildman–Crippen LogP) is 3.31. The fourth-order valence-electron chi connectivity index (χ4n) is 2.30. The van der Waals surface area contributed by atoms with Gasteiger partial charge in [0, 0.05) is 30.9 Å². The Bertz CT molecular complexity index is 743. The van der Waals surface area contributed by atoms with Crippen molar-refractivity contribution in [2.75, 3.05) is 19.6 Å². The lowest BCUT2D eigenvalue weighted by atomic mass is 10.2. The third kappa shape index (κ3) is 9.22. The molecular weight excluding hydrogens is 511 g/mol. The Morgan fingerprint density at radius 1 is 1.18 bits per heavy atom. The summed E-state index contributed by atoms with van der Waals surface area (Å²) in [5.41, 5.74) is 1.07. The van der Waals surface area contributed by atoms with Gasteiger partial charge in [-0.3, -0.25) is 9.79 Å². The molecule has 0 saturated carbocycles. The molecule has 2 rings (SSSR count). The summed E-state index contributed by atoms with van der Waals surface area (Å²) in [6, 6.07) is 13.3. The molecule has 0 aliphatic heterocycles. The lowest BCUT2D eigenvalue weighted by molar-refractivity contribution is -0.121. The van der Waals surface area contributed by atoms with E-state index in [9.17, 15) is 9.90 Å². The number of hydrogen-bond donors (Lipinski definition) is 4. The van der Waals surface area contributed by atoms with E-state index in [4.69, 9.17) is 11.6 Å². The fraction of sp³-hybridized carbons (Fsp3) is 0.368. The number of aliphatic hydroxyl groups excluding tert-OH is 1. The molecule has 28 heavy (non-hydrogen) atoms. The van der Waals surface area contributed by atoms with Gasteiger partial charge in [0.25, 0.3) is 0 Å². The molecule has 2 aromatic rings. The molecule has 4 N–H and O–H groups in total. The number of carbonyl (C=O) groups is 1. The van der Waals surface area contributed by atoms with Gasteiger partial charge in [0.05, 0.1) is 10.9 Å².